The lowest BCUT2D eigenvalue weighted by molar-refractivity contribution is -0.142. The molecule has 12 nitrogen and oxygen atoms in total. The summed E-state index contributed by atoms with van der Waals surface area (Å²) in [6, 6.07) is -3.76. The van der Waals surface area contributed by atoms with Gasteiger partial charge in [-0.1, -0.05) is 0 Å². The zero-order valence-electron chi connectivity index (χ0n) is 14.3. The molecule has 0 saturated heterocycles. The maximum absolute atomic E-state index is 12.0. The number of aliphatic carboxylic acids is 1. The molecule has 0 aliphatic heterocycles. The first-order valence-corrected chi connectivity index (χ1v) is 8.04. The van der Waals surface area contributed by atoms with Crippen molar-refractivity contribution >= 4 is 23.7 Å². The second-order valence-corrected chi connectivity index (χ2v) is 5.49. The number of nitrogens with one attached hydrogen (secondary N) is 3. The molecular formula is C14H27N5O7. The zero-order chi connectivity index (χ0) is 20.1. The van der Waals surface area contributed by atoms with Gasteiger partial charge in [-0.25, -0.2) is 4.79 Å². The standard InChI is InChI=1S/C14H27N5O7/c15-4-2-1-3-9(14(25)26)19-13(24)10(7-21)18-11(22)5-17-12(23)8(16)6-20/h8-10,20-21H,1-7,15-16H2,(H,17,23)(H,18,22)(H,19,24)(H,25,26). The number of aliphatic hydroxyl groups is 2. The van der Waals surface area contributed by atoms with Crippen LogP contribution in [0.25, 0.3) is 0 Å². The summed E-state index contributed by atoms with van der Waals surface area (Å²) in [5, 5.41) is 33.6. The fourth-order valence-corrected chi connectivity index (χ4v) is 1.84. The summed E-state index contributed by atoms with van der Waals surface area (Å²) >= 11 is 0. The summed E-state index contributed by atoms with van der Waals surface area (Å²) in [6.45, 7) is -1.51. The number of nitrogens with two attached hydrogens (primary N) is 2. The van der Waals surface area contributed by atoms with Crippen LogP contribution < -0.4 is 27.4 Å². The molecule has 0 fully saturated rings. The lowest BCUT2D eigenvalue weighted by Crippen LogP contribution is -2.55. The Bertz CT molecular complexity index is 488. The van der Waals surface area contributed by atoms with E-state index >= 15 is 0 Å². The minimum Gasteiger partial charge on any atom is -0.480 e. The Hall–Kier alpha value is -2.28. The van der Waals surface area contributed by atoms with Crippen LogP contribution >= 0.6 is 0 Å². The van der Waals surface area contributed by atoms with Crippen molar-refractivity contribution in [3.05, 3.63) is 0 Å². The van der Waals surface area contributed by atoms with Crippen molar-refractivity contribution in [3.8, 4) is 0 Å². The quantitative estimate of drug-likeness (QED) is 0.145. The van der Waals surface area contributed by atoms with E-state index in [0.717, 1.165) is 0 Å². The molecule has 3 unspecified atom stereocenters. The highest BCUT2D eigenvalue weighted by Gasteiger charge is 2.26. The Kier molecular flexibility index (Phi) is 11.9. The number of aliphatic hydroxyl groups excluding tert-OH is 2. The topological polar surface area (TPSA) is 217 Å². The molecule has 0 aromatic carbocycles. The molecule has 0 aliphatic rings. The number of rotatable bonds is 13. The van der Waals surface area contributed by atoms with Crippen LogP contribution in [0.2, 0.25) is 0 Å². The molecule has 0 aliphatic carbocycles. The van der Waals surface area contributed by atoms with Crippen LogP contribution in [0.3, 0.4) is 0 Å². The second kappa shape index (κ2) is 13.0. The lowest BCUT2D eigenvalue weighted by Gasteiger charge is -2.20. The van der Waals surface area contributed by atoms with E-state index in [1.165, 1.54) is 0 Å². The van der Waals surface area contributed by atoms with E-state index in [4.69, 9.17) is 21.7 Å². The smallest absolute Gasteiger partial charge is 0.326 e. The molecule has 12 heteroatoms. The highest BCUT2D eigenvalue weighted by molar-refractivity contribution is 5.92. The van der Waals surface area contributed by atoms with E-state index in [0.29, 0.717) is 19.4 Å². The van der Waals surface area contributed by atoms with E-state index in [2.05, 4.69) is 16.0 Å². The molecule has 3 amide bonds. The molecule has 0 saturated carbocycles. The normalized spacial score (nSPS) is 14.0. The number of unbranched alkanes of at least 4 members (excludes halogenated alkanes) is 1. The average Bonchev–Trinajstić information content (AvgIpc) is 2.62. The third-order valence-corrected chi connectivity index (χ3v) is 3.35. The summed E-state index contributed by atoms with van der Waals surface area (Å²) < 4.78 is 0. The van der Waals surface area contributed by atoms with Gasteiger partial charge >= 0.3 is 5.97 Å². The molecule has 3 atom stereocenters. The Balaban J connectivity index is 4.55. The molecule has 26 heavy (non-hydrogen) atoms. The summed E-state index contributed by atoms with van der Waals surface area (Å²) in [5.41, 5.74) is 10.6. The van der Waals surface area contributed by atoms with Gasteiger partial charge in [0.25, 0.3) is 0 Å². The number of hydrogen-bond donors (Lipinski definition) is 8. The van der Waals surface area contributed by atoms with Crippen LogP contribution in [0.15, 0.2) is 0 Å². The molecule has 0 bridgehead atoms. The van der Waals surface area contributed by atoms with E-state index < -0.39 is 61.6 Å². The minimum atomic E-state index is -1.39. The third-order valence-electron chi connectivity index (χ3n) is 3.35. The van der Waals surface area contributed by atoms with Gasteiger partial charge in [-0.05, 0) is 25.8 Å². The molecule has 150 valence electrons. The number of carboxylic acids is 1. The summed E-state index contributed by atoms with van der Waals surface area (Å²) in [5.74, 6) is -3.69. The molecular weight excluding hydrogens is 350 g/mol. The molecule has 10 N–H and O–H groups in total. The number of carbonyl (C=O) groups excluding carboxylic acids is 3. The largest absolute Gasteiger partial charge is 0.480 e. The fraction of sp³-hybridized carbons (Fsp3) is 0.714. The van der Waals surface area contributed by atoms with Gasteiger partial charge in [-0.3, -0.25) is 14.4 Å². The first-order chi connectivity index (χ1) is 12.3. The predicted molar refractivity (Wildman–Crippen MR) is 89.6 cm³/mol. The van der Waals surface area contributed by atoms with Crippen LogP contribution in [0.1, 0.15) is 19.3 Å². The average molecular weight is 377 g/mol. The molecule has 0 spiro atoms. The molecule has 0 heterocycles. The maximum atomic E-state index is 12.0. The van der Waals surface area contributed by atoms with Crippen molar-refractivity contribution in [2.24, 2.45) is 11.5 Å². The van der Waals surface area contributed by atoms with E-state index in [1.54, 1.807) is 0 Å². The van der Waals surface area contributed by atoms with Gasteiger partial charge in [-0.15, -0.1) is 0 Å². The van der Waals surface area contributed by atoms with Crippen LogP contribution in [0, 0.1) is 0 Å². The van der Waals surface area contributed by atoms with Crippen molar-refractivity contribution in [2.75, 3.05) is 26.3 Å². The van der Waals surface area contributed by atoms with E-state index in [-0.39, 0.29) is 6.42 Å². The molecule has 0 aromatic rings. The minimum absolute atomic E-state index is 0.152. The number of hydrogen-bond acceptors (Lipinski definition) is 8. The van der Waals surface area contributed by atoms with Gasteiger partial charge in [0.05, 0.1) is 19.8 Å². The predicted octanol–water partition coefficient (Wildman–Crippen LogP) is -4.40. The first kappa shape index (κ1) is 23.7. The number of carboxylic acid groups (broad SMARTS) is 1. The molecule has 0 radical (unpaired) electrons. The van der Waals surface area contributed by atoms with Crippen molar-refractivity contribution in [1.29, 1.82) is 0 Å². The van der Waals surface area contributed by atoms with Gasteiger partial charge in [0.2, 0.25) is 17.7 Å². The van der Waals surface area contributed by atoms with Crippen LogP contribution in [-0.2, 0) is 19.2 Å². The fourth-order valence-electron chi connectivity index (χ4n) is 1.84. The SMILES string of the molecule is NCCCCC(NC(=O)C(CO)NC(=O)CNC(=O)C(N)CO)C(=O)O. The maximum Gasteiger partial charge on any atom is 0.326 e. The van der Waals surface area contributed by atoms with Gasteiger partial charge in [-0.2, -0.15) is 0 Å². The van der Waals surface area contributed by atoms with Crippen molar-refractivity contribution in [1.82, 2.24) is 16.0 Å². The van der Waals surface area contributed by atoms with Gasteiger partial charge in [0.1, 0.15) is 18.1 Å². The Morgan fingerprint density at radius 1 is 0.923 bits per heavy atom. The number of carbonyl (C=O) groups is 4. The van der Waals surface area contributed by atoms with Crippen LogP contribution in [0.4, 0.5) is 0 Å². The Morgan fingerprint density at radius 3 is 2.08 bits per heavy atom. The second-order valence-electron chi connectivity index (χ2n) is 5.49. The Morgan fingerprint density at radius 2 is 1.58 bits per heavy atom. The Labute approximate surface area is 150 Å². The summed E-state index contributed by atoms with van der Waals surface area (Å²) in [7, 11) is 0. The zero-order valence-corrected chi connectivity index (χ0v) is 14.3. The highest BCUT2D eigenvalue weighted by atomic mass is 16.4. The van der Waals surface area contributed by atoms with Gasteiger partial charge < -0.3 is 42.7 Å². The lowest BCUT2D eigenvalue weighted by atomic mass is 10.1. The first-order valence-electron chi connectivity index (χ1n) is 8.04. The molecule has 0 rings (SSSR count). The summed E-state index contributed by atoms with van der Waals surface area (Å²) in [4.78, 5) is 46.2. The van der Waals surface area contributed by atoms with Gasteiger partial charge in [0, 0.05) is 0 Å². The van der Waals surface area contributed by atoms with Crippen molar-refractivity contribution in [3.63, 3.8) is 0 Å². The van der Waals surface area contributed by atoms with E-state index in [9.17, 15) is 24.3 Å². The monoisotopic (exact) mass is 377 g/mol. The third kappa shape index (κ3) is 9.27. The highest BCUT2D eigenvalue weighted by Crippen LogP contribution is 2.01. The summed E-state index contributed by atoms with van der Waals surface area (Å²) in [6.07, 6.45) is 1.23. The number of amides is 3. The molecule has 0 aromatic heterocycles. The van der Waals surface area contributed by atoms with Crippen molar-refractivity contribution < 1.29 is 34.5 Å². The van der Waals surface area contributed by atoms with Crippen molar-refractivity contribution in [2.45, 2.75) is 37.4 Å². The van der Waals surface area contributed by atoms with Gasteiger partial charge in [0.15, 0.2) is 0 Å². The van der Waals surface area contributed by atoms with Crippen LogP contribution in [-0.4, -0.2) is 83.4 Å². The van der Waals surface area contributed by atoms with E-state index in [1.807, 2.05) is 0 Å². The van der Waals surface area contributed by atoms with Crippen LogP contribution in [0.5, 0.6) is 0 Å².